The van der Waals surface area contributed by atoms with Crippen LogP contribution in [-0.2, 0) is 14.2 Å². The lowest BCUT2D eigenvalue weighted by Crippen LogP contribution is -2.79. The van der Waals surface area contributed by atoms with Crippen LogP contribution in [0, 0.1) is 11.8 Å². The van der Waals surface area contributed by atoms with Crippen LogP contribution in [0.25, 0.3) is 0 Å². The van der Waals surface area contributed by atoms with Crippen LogP contribution in [0.15, 0.2) is 30.3 Å². The van der Waals surface area contributed by atoms with Crippen molar-refractivity contribution in [3.05, 3.63) is 41.5 Å². The van der Waals surface area contributed by atoms with Crippen molar-refractivity contribution in [2.75, 3.05) is 60.6 Å². The van der Waals surface area contributed by atoms with E-state index in [1.807, 2.05) is 18.2 Å². The predicted octanol–water partition coefficient (Wildman–Crippen LogP) is 5.20. The topological polar surface area (TPSA) is 105 Å². The molecule has 0 radical (unpaired) electrons. The normalized spacial score (nSPS) is 29.0. The zero-order valence-electron chi connectivity index (χ0n) is 26.3. The van der Waals surface area contributed by atoms with Crippen LogP contribution >= 0.6 is 0 Å². The van der Waals surface area contributed by atoms with Gasteiger partial charge in [0.15, 0.2) is 11.5 Å². The third-order valence-electron chi connectivity index (χ3n) is 10.3. The van der Waals surface area contributed by atoms with Crippen LogP contribution in [0.1, 0.15) is 60.4 Å². The molecule has 3 aliphatic heterocycles. The summed E-state index contributed by atoms with van der Waals surface area (Å²) in [5, 5.41) is 0. The summed E-state index contributed by atoms with van der Waals surface area (Å²) in [5.74, 6) is 1.52. The minimum absolute atomic E-state index is 0.231. The molecule has 11 nitrogen and oxygen atoms in total. The fraction of sp³-hybridized carbons (Fsp3) is 0.576. The molecule has 0 N–H and O–H groups in total. The predicted molar refractivity (Wildman–Crippen MR) is 161 cm³/mol. The van der Waals surface area contributed by atoms with E-state index in [1.165, 1.54) is 34.9 Å². The largest absolute Gasteiger partial charge is 0.497 e. The van der Waals surface area contributed by atoms with E-state index in [2.05, 4.69) is 4.90 Å². The first-order valence-electron chi connectivity index (χ1n) is 15.2. The summed E-state index contributed by atoms with van der Waals surface area (Å²) in [6.45, 7) is 1.40. The quantitative estimate of drug-likeness (QED) is 0.389. The van der Waals surface area contributed by atoms with Crippen LogP contribution in [-0.4, -0.2) is 84.2 Å². The zero-order valence-corrected chi connectivity index (χ0v) is 26.3. The number of ether oxygens (including phenoxy) is 7. The van der Waals surface area contributed by atoms with Crippen molar-refractivity contribution >= 4 is 17.7 Å². The molecule has 0 spiro atoms. The van der Waals surface area contributed by atoms with Crippen molar-refractivity contribution < 1.29 is 42.7 Å². The van der Waals surface area contributed by atoms with Crippen LogP contribution in [0.2, 0.25) is 0 Å². The van der Waals surface area contributed by atoms with Gasteiger partial charge in [0.05, 0.1) is 46.8 Å². The average molecular weight is 611 g/mol. The van der Waals surface area contributed by atoms with E-state index in [-0.39, 0.29) is 17.4 Å². The number of hydrogen-bond donors (Lipinski definition) is 0. The Kier molecular flexibility index (Phi) is 8.04. The molecular weight excluding hydrogens is 568 g/mol. The van der Waals surface area contributed by atoms with E-state index in [0.29, 0.717) is 54.0 Å². The summed E-state index contributed by atoms with van der Waals surface area (Å²) in [6.07, 6.45) is 5.05. The summed E-state index contributed by atoms with van der Waals surface area (Å²) in [6, 6.07) is 8.87. The molecule has 1 saturated carbocycles. The van der Waals surface area contributed by atoms with Crippen molar-refractivity contribution in [1.82, 2.24) is 4.90 Å². The number of methoxy groups -OCH3 is 6. The molecule has 3 fully saturated rings. The molecule has 2 saturated heterocycles. The standard InChI is InChI=1S/C33H42N2O9/c1-38-23-11-12-24-25-13-14-34-19-21-10-8-7-9-20(21)18-32(34,33(25,43-6)35(26(24)17-23)31(37)42-5)44-30(36)22-15-27(39-2)29(41-4)28(16-22)40-3/h11-12,15-17,20-21,25H,7-10,13-14,18-19H2,1-6H3/t20-,21-,25?,32+,33+/m0/s1. The fourth-order valence-electron chi connectivity index (χ4n) is 8.43. The third-order valence-corrected chi connectivity index (χ3v) is 10.3. The summed E-state index contributed by atoms with van der Waals surface area (Å²) in [7, 11) is 9.05. The van der Waals surface area contributed by atoms with Crippen molar-refractivity contribution in [1.29, 1.82) is 0 Å². The monoisotopic (exact) mass is 610 g/mol. The number of piperidine rings is 2. The van der Waals surface area contributed by atoms with Gasteiger partial charge in [0.2, 0.25) is 17.2 Å². The first-order chi connectivity index (χ1) is 21.3. The average Bonchev–Trinajstić information content (AvgIpc) is 3.36. The molecular formula is C33H42N2O9. The van der Waals surface area contributed by atoms with Gasteiger partial charge in [-0.05, 0) is 54.9 Å². The van der Waals surface area contributed by atoms with Gasteiger partial charge in [0.25, 0.3) is 0 Å². The molecule has 1 aliphatic carbocycles. The second-order valence-electron chi connectivity index (χ2n) is 12.0. The zero-order chi connectivity index (χ0) is 31.2. The lowest BCUT2D eigenvalue weighted by atomic mass is 9.65. The van der Waals surface area contributed by atoms with Crippen molar-refractivity contribution in [2.45, 2.75) is 55.9 Å². The minimum atomic E-state index is -1.41. The number of nitrogens with zero attached hydrogens (tertiary/aromatic N) is 2. The molecule has 5 atom stereocenters. The van der Waals surface area contributed by atoms with Crippen LogP contribution in [0.3, 0.4) is 0 Å². The van der Waals surface area contributed by atoms with Gasteiger partial charge < -0.3 is 33.2 Å². The van der Waals surface area contributed by atoms with Gasteiger partial charge in [-0.2, -0.15) is 0 Å². The van der Waals surface area contributed by atoms with Crippen LogP contribution < -0.4 is 23.8 Å². The van der Waals surface area contributed by atoms with Gasteiger partial charge in [-0.3, -0.25) is 4.90 Å². The number of benzene rings is 2. The maximum Gasteiger partial charge on any atom is 0.416 e. The number of carbonyl (C=O) groups excluding carboxylic acids is 2. The van der Waals surface area contributed by atoms with E-state index in [0.717, 1.165) is 31.4 Å². The van der Waals surface area contributed by atoms with Gasteiger partial charge in [-0.1, -0.05) is 18.9 Å². The Labute approximate surface area is 258 Å². The summed E-state index contributed by atoms with van der Waals surface area (Å²) in [4.78, 5) is 32.1. The summed E-state index contributed by atoms with van der Waals surface area (Å²) < 4.78 is 41.0. The Hall–Kier alpha value is -3.70. The smallest absolute Gasteiger partial charge is 0.416 e. The highest BCUT2D eigenvalue weighted by Gasteiger charge is 2.74. The van der Waals surface area contributed by atoms with E-state index in [9.17, 15) is 9.59 Å². The second kappa shape index (κ2) is 11.7. The molecule has 6 rings (SSSR count). The van der Waals surface area contributed by atoms with E-state index in [1.54, 1.807) is 31.3 Å². The molecule has 0 bridgehead atoms. The molecule has 238 valence electrons. The molecule has 44 heavy (non-hydrogen) atoms. The molecule has 2 aromatic rings. The van der Waals surface area contributed by atoms with Crippen LogP contribution in [0.4, 0.5) is 10.5 Å². The lowest BCUT2D eigenvalue weighted by molar-refractivity contribution is -0.291. The molecule has 3 heterocycles. The number of anilines is 1. The SMILES string of the molecule is COC(=O)N1c2cc(OC)ccc2C2CCN3C[C@@H]4CCCC[C@H]4C[C@@]3(OC(=O)c3cc(OC)c(OC)c(OC)c3)[C@]21OC. The fourth-order valence-corrected chi connectivity index (χ4v) is 8.43. The first-order valence-corrected chi connectivity index (χ1v) is 15.2. The highest BCUT2D eigenvalue weighted by molar-refractivity contribution is 5.95. The van der Waals surface area contributed by atoms with Crippen molar-refractivity contribution in [3.8, 4) is 23.0 Å². The maximum absolute atomic E-state index is 14.4. The second-order valence-corrected chi connectivity index (χ2v) is 12.0. The van der Waals surface area contributed by atoms with Crippen molar-refractivity contribution in [2.24, 2.45) is 11.8 Å². The van der Waals surface area contributed by atoms with Crippen molar-refractivity contribution in [3.63, 3.8) is 0 Å². The third kappa shape index (κ3) is 4.30. The number of carbonyl (C=O) groups is 2. The first kappa shape index (κ1) is 30.3. The highest BCUT2D eigenvalue weighted by Crippen LogP contribution is 2.63. The Balaban J connectivity index is 1.54. The molecule has 1 amide bonds. The Bertz CT molecular complexity index is 1410. The number of hydrogen-bond acceptors (Lipinski definition) is 10. The summed E-state index contributed by atoms with van der Waals surface area (Å²) >= 11 is 0. The van der Waals surface area contributed by atoms with E-state index < -0.39 is 23.5 Å². The number of fused-ring (bicyclic) bond motifs is 6. The Morgan fingerprint density at radius 2 is 1.55 bits per heavy atom. The number of rotatable bonds is 7. The maximum atomic E-state index is 14.4. The number of esters is 1. The minimum Gasteiger partial charge on any atom is -0.497 e. The highest BCUT2D eigenvalue weighted by atomic mass is 16.6. The van der Waals surface area contributed by atoms with Gasteiger partial charge in [-0.15, -0.1) is 0 Å². The molecule has 1 unspecified atom stereocenters. The van der Waals surface area contributed by atoms with Gasteiger partial charge in [0.1, 0.15) is 5.75 Å². The lowest BCUT2D eigenvalue weighted by Gasteiger charge is -2.63. The van der Waals surface area contributed by atoms with Gasteiger partial charge in [0, 0.05) is 38.6 Å². The van der Waals surface area contributed by atoms with E-state index >= 15 is 0 Å². The Morgan fingerprint density at radius 1 is 0.841 bits per heavy atom. The number of amides is 1. The van der Waals surface area contributed by atoms with Gasteiger partial charge >= 0.3 is 12.1 Å². The molecule has 11 heteroatoms. The molecule has 0 aromatic heterocycles. The van der Waals surface area contributed by atoms with E-state index in [4.69, 9.17) is 33.2 Å². The Morgan fingerprint density at radius 3 is 2.16 bits per heavy atom. The molecule has 4 aliphatic rings. The molecule has 2 aromatic carbocycles. The van der Waals surface area contributed by atoms with Gasteiger partial charge in [-0.25, -0.2) is 14.5 Å². The van der Waals surface area contributed by atoms with Crippen LogP contribution in [0.5, 0.6) is 23.0 Å². The summed E-state index contributed by atoms with van der Waals surface area (Å²) in [5.41, 5.74) is -0.965.